The Morgan fingerprint density at radius 1 is 0.923 bits per heavy atom. The zero-order valence-corrected chi connectivity index (χ0v) is 15.1. The van der Waals surface area contributed by atoms with Crippen LogP contribution in [0.3, 0.4) is 0 Å². The average Bonchev–Trinajstić information content (AvgIpc) is 2.63. The van der Waals surface area contributed by atoms with Gasteiger partial charge in [0.1, 0.15) is 0 Å². The second-order valence-electron chi connectivity index (χ2n) is 6.42. The summed E-state index contributed by atoms with van der Waals surface area (Å²) < 4.78 is 5.33. The molecule has 132 valence electrons. The number of hydrogen-bond acceptors (Lipinski definition) is 3. The summed E-state index contributed by atoms with van der Waals surface area (Å²) in [5, 5.41) is 4.81. The Balaban J connectivity index is 1.68. The van der Waals surface area contributed by atoms with Crippen molar-refractivity contribution in [1.82, 2.24) is 0 Å². The maximum Gasteiger partial charge on any atom is 0.338 e. The van der Waals surface area contributed by atoms with Crippen LogP contribution in [0, 0.1) is 13.8 Å². The zero-order chi connectivity index (χ0) is 18.7. The molecule has 4 heteroatoms. The van der Waals surface area contributed by atoms with E-state index in [0.717, 1.165) is 21.9 Å². The quantitative estimate of drug-likeness (QED) is 0.700. The zero-order valence-electron chi connectivity index (χ0n) is 15.1. The van der Waals surface area contributed by atoms with Gasteiger partial charge in [0.2, 0.25) is 0 Å². The van der Waals surface area contributed by atoms with Crippen molar-refractivity contribution < 1.29 is 14.3 Å². The Bertz CT molecular complexity index is 978. The highest BCUT2D eigenvalue weighted by Gasteiger charge is 2.19. The molecule has 0 bridgehead atoms. The molecule has 0 aliphatic carbocycles. The molecule has 1 unspecified atom stereocenters. The molecule has 4 nitrogen and oxygen atoms in total. The lowest BCUT2D eigenvalue weighted by atomic mass is 10.1. The van der Waals surface area contributed by atoms with Crippen LogP contribution in [0.2, 0.25) is 0 Å². The van der Waals surface area contributed by atoms with Crippen molar-refractivity contribution in [3.05, 3.63) is 77.4 Å². The number of rotatable bonds is 4. The molecule has 3 aromatic rings. The molecule has 3 rings (SSSR count). The van der Waals surface area contributed by atoms with Gasteiger partial charge < -0.3 is 10.1 Å². The van der Waals surface area contributed by atoms with E-state index in [-0.39, 0.29) is 5.91 Å². The van der Waals surface area contributed by atoms with Crippen LogP contribution in [-0.4, -0.2) is 18.0 Å². The van der Waals surface area contributed by atoms with E-state index in [0.29, 0.717) is 11.3 Å². The summed E-state index contributed by atoms with van der Waals surface area (Å²) in [6.45, 7) is 5.48. The molecule has 0 fully saturated rings. The number of benzene rings is 3. The standard InChI is InChI=1S/C22H21NO3/c1-14-8-11-20(15(2)12-14)23-21(24)16(3)26-22(25)19-10-9-17-6-4-5-7-18(17)13-19/h4-13,16H,1-3H3,(H,23,24). The molecule has 0 aliphatic heterocycles. The molecule has 0 heterocycles. The first kappa shape index (κ1) is 17.7. The molecule has 0 spiro atoms. The number of fused-ring (bicyclic) bond motifs is 1. The lowest BCUT2D eigenvalue weighted by Gasteiger charge is -2.15. The molecule has 0 saturated heterocycles. The maximum atomic E-state index is 12.4. The monoisotopic (exact) mass is 347 g/mol. The van der Waals surface area contributed by atoms with E-state index in [9.17, 15) is 9.59 Å². The largest absolute Gasteiger partial charge is 0.449 e. The lowest BCUT2D eigenvalue weighted by molar-refractivity contribution is -0.123. The van der Waals surface area contributed by atoms with Crippen LogP contribution in [0.4, 0.5) is 5.69 Å². The summed E-state index contributed by atoms with van der Waals surface area (Å²) in [5.41, 5.74) is 3.23. The van der Waals surface area contributed by atoms with Gasteiger partial charge >= 0.3 is 5.97 Å². The Morgan fingerprint density at radius 2 is 1.65 bits per heavy atom. The van der Waals surface area contributed by atoms with Crippen LogP contribution in [-0.2, 0) is 9.53 Å². The first-order valence-electron chi connectivity index (χ1n) is 8.52. The van der Waals surface area contributed by atoms with Crippen molar-refractivity contribution in [2.24, 2.45) is 0 Å². The number of nitrogens with one attached hydrogen (secondary N) is 1. The van der Waals surface area contributed by atoms with Crippen LogP contribution < -0.4 is 5.32 Å². The summed E-state index contributed by atoms with van der Waals surface area (Å²) >= 11 is 0. The number of esters is 1. The Morgan fingerprint density at radius 3 is 2.38 bits per heavy atom. The third-order valence-corrected chi connectivity index (χ3v) is 4.28. The summed E-state index contributed by atoms with van der Waals surface area (Å²) in [4.78, 5) is 24.7. The summed E-state index contributed by atoms with van der Waals surface area (Å²) in [6, 6.07) is 18.9. The molecular weight excluding hydrogens is 326 g/mol. The van der Waals surface area contributed by atoms with Crippen LogP contribution in [0.1, 0.15) is 28.4 Å². The minimum atomic E-state index is -0.894. The van der Waals surface area contributed by atoms with E-state index in [1.165, 1.54) is 0 Å². The van der Waals surface area contributed by atoms with Gasteiger partial charge in [0.25, 0.3) is 5.91 Å². The molecule has 1 atom stereocenters. The minimum Gasteiger partial charge on any atom is -0.449 e. The number of amides is 1. The van der Waals surface area contributed by atoms with Crippen molar-refractivity contribution in [2.75, 3.05) is 5.32 Å². The number of aryl methyl sites for hydroxylation is 2. The number of carbonyl (C=O) groups is 2. The van der Waals surface area contributed by atoms with E-state index in [2.05, 4.69) is 5.32 Å². The van der Waals surface area contributed by atoms with Crippen molar-refractivity contribution >= 4 is 28.3 Å². The Hall–Kier alpha value is -3.14. The van der Waals surface area contributed by atoms with Crippen LogP contribution in [0.5, 0.6) is 0 Å². The van der Waals surface area contributed by atoms with Gasteiger partial charge in [0.15, 0.2) is 6.10 Å². The van der Waals surface area contributed by atoms with Gasteiger partial charge in [-0.15, -0.1) is 0 Å². The van der Waals surface area contributed by atoms with E-state index >= 15 is 0 Å². The van der Waals surface area contributed by atoms with Gasteiger partial charge in [0.05, 0.1) is 5.56 Å². The highest BCUT2D eigenvalue weighted by atomic mass is 16.5. The average molecular weight is 347 g/mol. The topological polar surface area (TPSA) is 55.4 Å². The fraction of sp³-hybridized carbons (Fsp3) is 0.182. The van der Waals surface area contributed by atoms with Crippen molar-refractivity contribution in [1.29, 1.82) is 0 Å². The molecular formula is C22H21NO3. The first-order chi connectivity index (χ1) is 12.4. The van der Waals surface area contributed by atoms with Crippen molar-refractivity contribution in [2.45, 2.75) is 26.9 Å². The van der Waals surface area contributed by atoms with E-state index in [4.69, 9.17) is 4.74 Å². The lowest BCUT2D eigenvalue weighted by Crippen LogP contribution is -2.30. The molecule has 1 amide bonds. The Kier molecular flexibility index (Phi) is 5.03. The van der Waals surface area contributed by atoms with E-state index in [1.54, 1.807) is 19.1 Å². The predicted molar refractivity (Wildman–Crippen MR) is 103 cm³/mol. The maximum absolute atomic E-state index is 12.4. The first-order valence-corrected chi connectivity index (χ1v) is 8.52. The third kappa shape index (κ3) is 3.91. The van der Waals surface area contributed by atoms with Gasteiger partial charge in [-0.25, -0.2) is 4.79 Å². The highest BCUT2D eigenvalue weighted by molar-refractivity contribution is 5.99. The van der Waals surface area contributed by atoms with Crippen LogP contribution in [0.15, 0.2) is 60.7 Å². The highest BCUT2D eigenvalue weighted by Crippen LogP contribution is 2.18. The fourth-order valence-corrected chi connectivity index (χ4v) is 2.79. The normalized spacial score (nSPS) is 11.8. The number of carbonyl (C=O) groups excluding carboxylic acids is 2. The van der Waals surface area contributed by atoms with Gasteiger partial charge in [-0.1, -0.05) is 48.0 Å². The summed E-state index contributed by atoms with van der Waals surface area (Å²) in [6.07, 6.45) is -0.894. The van der Waals surface area contributed by atoms with Gasteiger partial charge in [-0.2, -0.15) is 0 Å². The van der Waals surface area contributed by atoms with Crippen LogP contribution in [0.25, 0.3) is 10.8 Å². The fourth-order valence-electron chi connectivity index (χ4n) is 2.79. The number of anilines is 1. The van der Waals surface area contributed by atoms with E-state index < -0.39 is 12.1 Å². The van der Waals surface area contributed by atoms with Crippen molar-refractivity contribution in [3.63, 3.8) is 0 Å². The minimum absolute atomic E-state index is 0.355. The van der Waals surface area contributed by atoms with E-state index in [1.807, 2.05) is 62.4 Å². The van der Waals surface area contributed by atoms with Crippen LogP contribution >= 0.6 is 0 Å². The number of ether oxygens (including phenoxy) is 1. The molecule has 0 saturated carbocycles. The molecule has 1 N–H and O–H groups in total. The Labute approximate surface area is 152 Å². The molecule has 3 aromatic carbocycles. The van der Waals surface area contributed by atoms with Gasteiger partial charge in [-0.05, 0) is 55.3 Å². The van der Waals surface area contributed by atoms with Gasteiger partial charge in [-0.3, -0.25) is 4.79 Å². The second-order valence-corrected chi connectivity index (χ2v) is 6.42. The SMILES string of the molecule is Cc1ccc(NC(=O)C(C)OC(=O)c2ccc3ccccc3c2)c(C)c1. The molecule has 0 aliphatic rings. The molecule has 0 radical (unpaired) electrons. The third-order valence-electron chi connectivity index (χ3n) is 4.28. The van der Waals surface area contributed by atoms with Crippen molar-refractivity contribution in [3.8, 4) is 0 Å². The second kappa shape index (κ2) is 7.40. The molecule has 0 aromatic heterocycles. The van der Waals surface area contributed by atoms with Gasteiger partial charge in [0, 0.05) is 5.69 Å². The summed E-state index contributed by atoms with van der Waals surface area (Å²) in [5.74, 6) is -0.870. The predicted octanol–water partition coefficient (Wildman–Crippen LogP) is 4.64. The summed E-state index contributed by atoms with van der Waals surface area (Å²) in [7, 11) is 0. The smallest absolute Gasteiger partial charge is 0.338 e. The molecule has 26 heavy (non-hydrogen) atoms. The number of hydrogen-bond donors (Lipinski definition) is 1.